The molecule has 14 heavy (non-hydrogen) atoms. The third-order valence-corrected chi connectivity index (χ3v) is 2.68. The van der Waals surface area contributed by atoms with Crippen LogP contribution in [-0.4, -0.2) is 29.4 Å². The number of unbranched alkanes of at least 4 members (excludes halogenated alkanes) is 1. The number of amides is 1. The van der Waals surface area contributed by atoms with E-state index in [4.69, 9.17) is 4.74 Å². The number of carbonyl (C=O) groups is 2. The molecule has 0 radical (unpaired) electrons. The van der Waals surface area contributed by atoms with Crippen LogP contribution in [0.15, 0.2) is 11.8 Å². The molecule has 2 heterocycles. The van der Waals surface area contributed by atoms with Crippen molar-refractivity contribution in [2.75, 3.05) is 0 Å². The lowest BCUT2D eigenvalue weighted by molar-refractivity contribution is -0.156. The zero-order valence-corrected chi connectivity index (χ0v) is 8.10. The summed E-state index contributed by atoms with van der Waals surface area (Å²) < 4.78 is 5.54. The van der Waals surface area contributed by atoms with Gasteiger partial charge in [0.25, 0.3) is 0 Å². The molecule has 2 saturated heterocycles. The lowest BCUT2D eigenvalue weighted by atomic mass is 10.1. The van der Waals surface area contributed by atoms with Gasteiger partial charge in [-0.3, -0.25) is 9.69 Å². The fourth-order valence-corrected chi connectivity index (χ4v) is 1.87. The van der Waals surface area contributed by atoms with Crippen molar-refractivity contribution in [1.82, 2.24) is 4.90 Å². The van der Waals surface area contributed by atoms with Gasteiger partial charge in [0.15, 0.2) is 6.23 Å². The van der Waals surface area contributed by atoms with Gasteiger partial charge in [-0.15, -0.1) is 0 Å². The van der Waals surface area contributed by atoms with E-state index >= 15 is 0 Å². The predicted molar refractivity (Wildman–Crippen MR) is 49.2 cm³/mol. The summed E-state index contributed by atoms with van der Waals surface area (Å²) in [7, 11) is 0. The van der Waals surface area contributed by atoms with E-state index in [2.05, 4.69) is 0 Å². The van der Waals surface area contributed by atoms with E-state index in [1.807, 2.05) is 13.0 Å². The first kappa shape index (κ1) is 9.24. The zero-order chi connectivity index (χ0) is 10.1. The molecule has 2 aliphatic heterocycles. The fourth-order valence-electron chi connectivity index (χ4n) is 1.87. The summed E-state index contributed by atoms with van der Waals surface area (Å²) in [5, 5.41) is 0. The largest absolute Gasteiger partial charge is 0.472 e. The molecule has 0 aromatic rings. The van der Waals surface area contributed by atoms with Crippen molar-refractivity contribution >= 4 is 12.2 Å². The summed E-state index contributed by atoms with van der Waals surface area (Å²) in [6.07, 6.45) is 4.45. The number of β-lactam (4-membered cyclic amide) rings is 1. The molecule has 0 aromatic carbocycles. The molecule has 2 rings (SSSR count). The molecule has 2 aliphatic rings. The highest BCUT2D eigenvalue weighted by molar-refractivity contribution is 5.83. The van der Waals surface area contributed by atoms with E-state index in [1.54, 1.807) is 4.90 Å². The Kier molecular flexibility index (Phi) is 2.27. The minimum atomic E-state index is -0.0417. The summed E-state index contributed by atoms with van der Waals surface area (Å²) in [5.41, 5.74) is 0. The van der Waals surface area contributed by atoms with Crippen LogP contribution in [-0.2, 0) is 14.3 Å². The Bertz CT molecular complexity index is 298. The van der Waals surface area contributed by atoms with Crippen LogP contribution >= 0.6 is 0 Å². The Balaban J connectivity index is 1.98. The lowest BCUT2D eigenvalue weighted by Crippen LogP contribution is -2.51. The van der Waals surface area contributed by atoms with Crippen LogP contribution in [0.1, 0.15) is 26.2 Å². The van der Waals surface area contributed by atoms with Gasteiger partial charge in [0.1, 0.15) is 12.0 Å². The topological polar surface area (TPSA) is 46.6 Å². The molecular weight excluding hydrogens is 182 g/mol. The molecule has 0 aromatic heterocycles. The third kappa shape index (κ3) is 1.31. The predicted octanol–water partition coefficient (Wildman–Crippen LogP) is 0.827. The van der Waals surface area contributed by atoms with E-state index < -0.39 is 0 Å². The second kappa shape index (κ2) is 3.44. The van der Waals surface area contributed by atoms with Crippen molar-refractivity contribution in [3.63, 3.8) is 0 Å². The van der Waals surface area contributed by atoms with E-state index in [0.717, 1.165) is 12.0 Å². The first-order chi connectivity index (χ1) is 6.74. The van der Waals surface area contributed by atoms with Gasteiger partial charge < -0.3 is 9.53 Å². The number of fused-ring (bicyclic) bond motifs is 1. The molecule has 0 aliphatic carbocycles. The van der Waals surface area contributed by atoms with Crippen LogP contribution in [0.4, 0.5) is 0 Å². The van der Waals surface area contributed by atoms with Gasteiger partial charge in [0.2, 0.25) is 5.91 Å². The Morgan fingerprint density at radius 2 is 2.36 bits per heavy atom. The number of hydrogen-bond donors (Lipinski definition) is 0. The first-order valence-corrected chi connectivity index (χ1v) is 4.85. The highest BCUT2D eigenvalue weighted by Crippen LogP contribution is 2.35. The van der Waals surface area contributed by atoms with Gasteiger partial charge in [0.05, 0.1) is 12.5 Å². The van der Waals surface area contributed by atoms with Crippen LogP contribution in [0.3, 0.4) is 0 Å². The SMILES string of the molecule is C[C@@H]1/C(=C\CCC=O)O[C@H]2CC(=O)N21. The minimum Gasteiger partial charge on any atom is -0.472 e. The molecule has 2 atom stereocenters. The van der Waals surface area contributed by atoms with E-state index in [0.29, 0.717) is 19.3 Å². The molecule has 4 heteroatoms. The maximum Gasteiger partial charge on any atom is 0.231 e. The Hall–Kier alpha value is -1.32. The van der Waals surface area contributed by atoms with Crippen molar-refractivity contribution in [1.29, 1.82) is 0 Å². The second-order valence-electron chi connectivity index (χ2n) is 3.60. The first-order valence-electron chi connectivity index (χ1n) is 4.85. The van der Waals surface area contributed by atoms with Crippen LogP contribution in [0.5, 0.6) is 0 Å². The summed E-state index contributed by atoms with van der Waals surface area (Å²) in [4.78, 5) is 23.0. The minimum absolute atomic E-state index is 0.0417. The summed E-state index contributed by atoms with van der Waals surface area (Å²) in [6, 6.07) is 0.0490. The third-order valence-electron chi connectivity index (χ3n) is 2.68. The quantitative estimate of drug-likeness (QED) is 0.380. The van der Waals surface area contributed by atoms with Gasteiger partial charge in [0, 0.05) is 6.42 Å². The van der Waals surface area contributed by atoms with E-state index in [-0.39, 0.29) is 18.2 Å². The number of ether oxygens (including phenoxy) is 1. The van der Waals surface area contributed by atoms with Crippen molar-refractivity contribution in [3.8, 4) is 0 Å². The van der Waals surface area contributed by atoms with Crippen molar-refractivity contribution in [2.24, 2.45) is 0 Å². The average molecular weight is 195 g/mol. The van der Waals surface area contributed by atoms with E-state index in [1.165, 1.54) is 0 Å². The lowest BCUT2D eigenvalue weighted by Gasteiger charge is -2.33. The number of hydrogen-bond acceptors (Lipinski definition) is 3. The monoisotopic (exact) mass is 195 g/mol. The molecule has 2 fully saturated rings. The Morgan fingerprint density at radius 1 is 1.57 bits per heavy atom. The Morgan fingerprint density at radius 3 is 2.93 bits per heavy atom. The maximum absolute atomic E-state index is 11.2. The number of nitrogens with zero attached hydrogens (tertiary/aromatic N) is 1. The molecule has 0 bridgehead atoms. The van der Waals surface area contributed by atoms with Crippen LogP contribution in [0.2, 0.25) is 0 Å². The molecule has 4 nitrogen and oxygen atoms in total. The molecule has 0 saturated carbocycles. The standard InChI is InChI=1S/C10H13NO3/c1-7-8(4-2-3-5-12)14-10-6-9(13)11(7)10/h4-5,7,10H,2-3,6H2,1H3/b8-4+/t7-,10+/m1/s1. The van der Waals surface area contributed by atoms with Gasteiger partial charge in [-0.25, -0.2) is 0 Å². The molecule has 0 N–H and O–H groups in total. The molecule has 0 spiro atoms. The van der Waals surface area contributed by atoms with Crippen molar-refractivity contribution < 1.29 is 14.3 Å². The Labute approximate surface area is 82.5 Å². The zero-order valence-electron chi connectivity index (χ0n) is 8.10. The number of rotatable bonds is 3. The van der Waals surface area contributed by atoms with Crippen LogP contribution < -0.4 is 0 Å². The van der Waals surface area contributed by atoms with Crippen molar-refractivity contribution in [2.45, 2.75) is 38.5 Å². The molecule has 0 unspecified atom stereocenters. The van der Waals surface area contributed by atoms with Crippen LogP contribution in [0, 0.1) is 0 Å². The maximum atomic E-state index is 11.2. The van der Waals surface area contributed by atoms with Gasteiger partial charge in [-0.2, -0.15) is 0 Å². The normalized spacial score (nSPS) is 32.5. The molecule has 1 amide bonds. The van der Waals surface area contributed by atoms with Crippen LogP contribution in [0.25, 0.3) is 0 Å². The van der Waals surface area contributed by atoms with Crippen molar-refractivity contribution in [3.05, 3.63) is 11.8 Å². The van der Waals surface area contributed by atoms with Gasteiger partial charge in [-0.05, 0) is 19.4 Å². The number of allylic oxidation sites excluding steroid dienone is 1. The number of aldehydes is 1. The smallest absolute Gasteiger partial charge is 0.231 e. The highest BCUT2D eigenvalue weighted by atomic mass is 16.5. The summed E-state index contributed by atoms with van der Waals surface area (Å²) in [5.74, 6) is 0.990. The fraction of sp³-hybridized carbons (Fsp3) is 0.600. The van der Waals surface area contributed by atoms with Gasteiger partial charge in [-0.1, -0.05) is 0 Å². The average Bonchev–Trinajstić information content (AvgIpc) is 2.38. The summed E-state index contributed by atoms with van der Waals surface area (Å²) in [6.45, 7) is 1.95. The van der Waals surface area contributed by atoms with E-state index in [9.17, 15) is 9.59 Å². The summed E-state index contributed by atoms with van der Waals surface area (Å²) >= 11 is 0. The molecular formula is C10H13NO3. The number of carbonyl (C=O) groups excluding carboxylic acids is 2. The van der Waals surface area contributed by atoms with Gasteiger partial charge >= 0.3 is 0 Å². The highest BCUT2D eigenvalue weighted by Gasteiger charge is 2.48. The second-order valence-corrected chi connectivity index (χ2v) is 3.60. The molecule has 76 valence electrons.